The van der Waals surface area contributed by atoms with Gasteiger partial charge in [-0.05, 0) is 18.2 Å². The highest BCUT2D eigenvalue weighted by atomic mass is 79.9. The quantitative estimate of drug-likeness (QED) is 0.539. The minimum Gasteiger partial charge on any atom is -0.207 e. The maximum atomic E-state index is 13.7. The van der Waals surface area contributed by atoms with Crippen molar-refractivity contribution in [1.82, 2.24) is 0 Å². The van der Waals surface area contributed by atoms with Crippen LogP contribution in [0.3, 0.4) is 0 Å². The number of hydrogen-bond donors (Lipinski definition) is 0. The lowest BCUT2D eigenvalue weighted by Crippen LogP contribution is -1.95. The van der Waals surface area contributed by atoms with Crippen LogP contribution < -0.4 is 0 Å². The molecular weight excluding hydrogens is 369 g/mol. The van der Waals surface area contributed by atoms with Crippen LogP contribution in [0.15, 0.2) is 24.3 Å². The molecule has 0 nitrogen and oxygen atoms in total. The standard InChI is InChI=1S/C11H5BrCl3FS/c12-10(7-4-9(14)17-11(7)15)6-2-1-5(13)3-8(6)16/h1-4,10H. The highest BCUT2D eigenvalue weighted by Crippen LogP contribution is 2.42. The molecule has 0 aliphatic rings. The van der Waals surface area contributed by atoms with E-state index in [0.29, 0.717) is 19.3 Å². The highest BCUT2D eigenvalue weighted by molar-refractivity contribution is 9.09. The molecule has 1 heterocycles. The smallest absolute Gasteiger partial charge is 0.129 e. The number of thiophene rings is 1. The molecule has 0 aliphatic carbocycles. The van der Waals surface area contributed by atoms with E-state index in [1.807, 2.05) is 0 Å². The molecule has 1 aromatic carbocycles. The lowest BCUT2D eigenvalue weighted by Gasteiger charge is -2.10. The molecule has 0 amide bonds. The molecular formula is C11H5BrCl3FS. The van der Waals surface area contributed by atoms with Crippen LogP contribution in [0.4, 0.5) is 4.39 Å². The van der Waals surface area contributed by atoms with Crippen LogP contribution >= 0.6 is 62.1 Å². The van der Waals surface area contributed by atoms with Gasteiger partial charge in [-0.25, -0.2) is 4.39 Å². The zero-order valence-electron chi connectivity index (χ0n) is 8.18. The van der Waals surface area contributed by atoms with Gasteiger partial charge in [-0.3, -0.25) is 0 Å². The van der Waals surface area contributed by atoms with Crippen LogP contribution in [-0.2, 0) is 0 Å². The maximum absolute atomic E-state index is 13.7. The fourth-order valence-electron chi connectivity index (χ4n) is 1.40. The summed E-state index contributed by atoms with van der Waals surface area (Å²) in [5.41, 5.74) is 1.23. The predicted octanol–water partition coefficient (Wildman–Crippen LogP) is 6.33. The lowest BCUT2D eigenvalue weighted by molar-refractivity contribution is 0.614. The molecule has 2 aromatic rings. The van der Waals surface area contributed by atoms with Gasteiger partial charge in [-0.2, -0.15) is 0 Å². The summed E-state index contributed by atoms with van der Waals surface area (Å²) in [6.07, 6.45) is 0. The van der Waals surface area contributed by atoms with E-state index in [2.05, 4.69) is 15.9 Å². The summed E-state index contributed by atoms with van der Waals surface area (Å²) in [7, 11) is 0. The summed E-state index contributed by atoms with van der Waals surface area (Å²) < 4.78 is 14.9. The molecule has 6 heteroatoms. The number of halogens is 5. The van der Waals surface area contributed by atoms with Crippen molar-refractivity contribution in [3.05, 3.63) is 54.9 Å². The molecule has 0 aliphatic heterocycles. The van der Waals surface area contributed by atoms with Gasteiger partial charge in [0, 0.05) is 16.1 Å². The Morgan fingerprint density at radius 1 is 1.12 bits per heavy atom. The lowest BCUT2D eigenvalue weighted by atomic mass is 10.1. The molecule has 0 saturated heterocycles. The first-order valence-electron chi connectivity index (χ1n) is 4.53. The van der Waals surface area contributed by atoms with Gasteiger partial charge in [-0.1, -0.05) is 56.8 Å². The van der Waals surface area contributed by atoms with Gasteiger partial charge in [0.25, 0.3) is 0 Å². The van der Waals surface area contributed by atoms with Crippen molar-refractivity contribution in [2.75, 3.05) is 0 Å². The molecule has 0 fully saturated rings. The molecule has 90 valence electrons. The summed E-state index contributed by atoms with van der Waals surface area (Å²) in [6.45, 7) is 0. The Kier molecular flexibility index (Phi) is 4.37. The first-order valence-corrected chi connectivity index (χ1v) is 7.39. The van der Waals surface area contributed by atoms with Crippen LogP contribution in [0.5, 0.6) is 0 Å². The normalized spacial score (nSPS) is 12.8. The Balaban J connectivity index is 2.43. The van der Waals surface area contributed by atoms with Gasteiger partial charge in [0.1, 0.15) is 5.82 Å². The van der Waals surface area contributed by atoms with Gasteiger partial charge in [0.05, 0.1) is 13.5 Å². The zero-order chi connectivity index (χ0) is 12.6. The summed E-state index contributed by atoms with van der Waals surface area (Å²) in [4.78, 5) is -0.337. The van der Waals surface area contributed by atoms with Gasteiger partial charge < -0.3 is 0 Å². The molecule has 17 heavy (non-hydrogen) atoms. The van der Waals surface area contributed by atoms with Crippen LogP contribution in [-0.4, -0.2) is 0 Å². The van der Waals surface area contributed by atoms with Gasteiger partial charge in [-0.15, -0.1) is 11.3 Å². The number of hydrogen-bond acceptors (Lipinski definition) is 1. The summed E-state index contributed by atoms with van der Waals surface area (Å²) >= 11 is 22.3. The Morgan fingerprint density at radius 2 is 1.82 bits per heavy atom. The molecule has 0 radical (unpaired) electrons. The zero-order valence-corrected chi connectivity index (χ0v) is 12.9. The van der Waals surface area contributed by atoms with E-state index in [1.54, 1.807) is 18.2 Å². The summed E-state index contributed by atoms with van der Waals surface area (Å²) in [6, 6.07) is 6.25. The highest BCUT2D eigenvalue weighted by Gasteiger charge is 2.19. The Labute approximate surface area is 125 Å². The average Bonchev–Trinajstić information content (AvgIpc) is 2.57. The largest absolute Gasteiger partial charge is 0.207 e. The minimum absolute atomic E-state index is 0.337. The molecule has 1 aromatic heterocycles. The number of rotatable bonds is 2. The summed E-state index contributed by atoms with van der Waals surface area (Å²) in [5.74, 6) is -0.377. The van der Waals surface area contributed by atoms with E-state index in [1.165, 1.54) is 17.4 Å². The van der Waals surface area contributed by atoms with Crippen molar-refractivity contribution in [3.63, 3.8) is 0 Å². The van der Waals surface area contributed by atoms with Crippen LogP contribution in [0.25, 0.3) is 0 Å². The SMILES string of the molecule is Fc1cc(Cl)ccc1C(Br)c1cc(Cl)sc1Cl. The van der Waals surface area contributed by atoms with Crippen molar-refractivity contribution in [2.24, 2.45) is 0 Å². The van der Waals surface area contributed by atoms with E-state index >= 15 is 0 Å². The second-order valence-electron chi connectivity index (χ2n) is 3.31. The molecule has 1 unspecified atom stereocenters. The van der Waals surface area contributed by atoms with Crippen molar-refractivity contribution in [2.45, 2.75) is 4.83 Å². The van der Waals surface area contributed by atoms with E-state index < -0.39 is 0 Å². The average molecular weight is 374 g/mol. The van der Waals surface area contributed by atoms with Crippen LogP contribution in [0, 0.1) is 5.82 Å². The minimum atomic E-state index is -0.377. The second kappa shape index (κ2) is 5.45. The topological polar surface area (TPSA) is 0 Å². The first-order chi connectivity index (χ1) is 7.99. The van der Waals surface area contributed by atoms with E-state index in [-0.39, 0.29) is 10.6 Å². The van der Waals surface area contributed by atoms with Crippen molar-refractivity contribution in [3.8, 4) is 0 Å². The van der Waals surface area contributed by atoms with E-state index in [0.717, 1.165) is 5.56 Å². The molecule has 1 atom stereocenters. The van der Waals surface area contributed by atoms with E-state index in [9.17, 15) is 4.39 Å². The van der Waals surface area contributed by atoms with Gasteiger partial charge in [0.2, 0.25) is 0 Å². The van der Waals surface area contributed by atoms with Crippen molar-refractivity contribution >= 4 is 62.1 Å². The summed E-state index contributed by atoms with van der Waals surface area (Å²) in [5, 5.41) is 0.361. The third-order valence-corrected chi connectivity index (χ3v) is 4.93. The Morgan fingerprint density at radius 3 is 2.35 bits per heavy atom. The third kappa shape index (κ3) is 2.96. The number of alkyl halides is 1. The Hall–Kier alpha value is 0.200. The third-order valence-electron chi connectivity index (χ3n) is 2.19. The van der Waals surface area contributed by atoms with Crippen LogP contribution in [0.1, 0.15) is 16.0 Å². The maximum Gasteiger partial charge on any atom is 0.129 e. The fraction of sp³-hybridized carbons (Fsp3) is 0.0909. The molecule has 0 saturated carbocycles. The van der Waals surface area contributed by atoms with Crippen molar-refractivity contribution < 1.29 is 4.39 Å². The number of benzene rings is 1. The van der Waals surface area contributed by atoms with Crippen molar-refractivity contribution in [1.29, 1.82) is 0 Å². The fourth-order valence-corrected chi connectivity index (χ4v) is 4.11. The van der Waals surface area contributed by atoms with E-state index in [4.69, 9.17) is 34.8 Å². The van der Waals surface area contributed by atoms with Gasteiger partial charge >= 0.3 is 0 Å². The Bertz CT molecular complexity index is 556. The van der Waals surface area contributed by atoms with Gasteiger partial charge in [0.15, 0.2) is 0 Å². The predicted molar refractivity (Wildman–Crippen MR) is 76.5 cm³/mol. The van der Waals surface area contributed by atoms with Crippen LogP contribution in [0.2, 0.25) is 13.7 Å². The molecule has 2 rings (SSSR count). The molecule has 0 N–H and O–H groups in total. The monoisotopic (exact) mass is 372 g/mol. The first kappa shape index (κ1) is 13.6. The molecule has 0 bridgehead atoms. The second-order valence-corrected chi connectivity index (χ2v) is 6.95. The molecule has 0 spiro atoms.